The molecule has 1 aromatic rings. The SMILES string of the molecule is CCOC(=O)c1c(NC(=O)[C@H]2C[C@H]3CC[C@@H]2C3)sc(C(C)=O)c1C. The molecule has 2 aliphatic carbocycles. The van der Waals surface area contributed by atoms with Gasteiger partial charge in [-0.15, -0.1) is 11.3 Å². The summed E-state index contributed by atoms with van der Waals surface area (Å²) >= 11 is 1.17. The normalized spacial score (nSPS) is 24.9. The van der Waals surface area contributed by atoms with E-state index in [1.807, 2.05) is 0 Å². The van der Waals surface area contributed by atoms with Crippen LogP contribution in [0.5, 0.6) is 0 Å². The molecule has 1 aromatic heterocycles. The van der Waals surface area contributed by atoms with Gasteiger partial charge in [0.2, 0.25) is 5.91 Å². The van der Waals surface area contributed by atoms with Crippen molar-refractivity contribution in [2.24, 2.45) is 17.8 Å². The Labute approximate surface area is 145 Å². The first kappa shape index (κ1) is 17.1. The maximum atomic E-state index is 12.7. The molecule has 2 fully saturated rings. The minimum atomic E-state index is -0.484. The molecule has 0 unspecified atom stereocenters. The first-order valence-corrected chi connectivity index (χ1v) is 9.36. The van der Waals surface area contributed by atoms with E-state index in [1.165, 1.54) is 24.7 Å². The van der Waals surface area contributed by atoms with Gasteiger partial charge in [0.05, 0.1) is 17.0 Å². The van der Waals surface area contributed by atoms with Crippen molar-refractivity contribution < 1.29 is 19.1 Å². The number of Topliss-reactive ketones (excluding diaryl/α,β-unsaturated/α-hetero) is 1. The minimum Gasteiger partial charge on any atom is -0.462 e. The fourth-order valence-electron chi connectivity index (χ4n) is 4.16. The van der Waals surface area contributed by atoms with Crippen LogP contribution in [0.1, 0.15) is 65.1 Å². The number of anilines is 1. The van der Waals surface area contributed by atoms with Crippen molar-refractivity contribution in [3.8, 4) is 0 Å². The van der Waals surface area contributed by atoms with Crippen molar-refractivity contribution in [2.45, 2.75) is 46.5 Å². The van der Waals surface area contributed by atoms with Crippen LogP contribution in [-0.2, 0) is 9.53 Å². The number of ketones is 1. The summed E-state index contributed by atoms with van der Waals surface area (Å²) in [7, 11) is 0. The van der Waals surface area contributed by atoms with Crippen LogP contribution >= 0.6 is 11.3 Å². The van der Waals surface area contributed by atoms with Gasteiger partial charge in [-0.3, -0.25) is 9.59 Å². The molecule has 2 bridgehead atoms. The van der Waals surface area contributed by atoms with Crippen LogP contribution in [0.4, 0.5) is 5.00 Å². The Morgan fingerprint density at radius 3 is 2.54 bits per heavy atom. The van der Waals surface area contributed by atoms with Gasteiger partial charge in [0.15, 0.2) is 5.78 Å². The van der Waals surface area contributed by atoms with E-state index in [4.69, 9.17) is 4.74 Å². The quantitative estimate of drug-likeness (QED) is 0.648. The maximum absolute atomic E-state index is 12.7. The third-order valence-corrected chi connectivity index (χ3v) is 6.57. The van der Waals surface area contributed by atoms with Gasteiger partial charge >= 0.3 is 5.97 Å². The zero-order chi connectivity index (χ0) is 17.4. The first-order chi connectivity index (χ1) is 11.4. The molecule has 1 amide bonds. The summed E-state index contributed by atoms with van der Waals surface area (Å²) in [4.78, 5) is 37.3. The Morgan fingerprint density at radius 1 is 1.25 bits per heavy atom. The number of ether oxygens (including phenoxy) is 1. The Bertz CT molecular complexity index is 693. The Morgan fingerprint density at radius 2 is 2.00 bits per heavy atom. The molecule has 24 heavy (non-hydrogen) atoms. The van der Waals surface area contributed by atoms with Crippen molar-refractivity contribution in [3.05, 3.63) is 16.0 Å². The van der Waals surface area contributed by atoms with E-state index in [1.54, 1.807) is 13.8 Å². The predicted octanol–water partition coefficient (Wildman–Crippen LogP) is 3.81. The van der Waals surface area contributed by atoms with Gasteiger partial charge < -0.3 is 10.1 Å². The summed E-state index contributed by atoms with van der Waals surface area (Å²) in [6.45, 7) is 5.18. The average Bonchev–Trinajstić information content (AvgIpc) is 3.21. The van der Waals surface area contributed by atoms with E-state index < -0.39 is 5.97 Å². The smallest absolute Gasteiger partial charge is 0.341 e. The molecule has 0 aromatic carbocycles. The van der Waals surface area contributed by atoms with Crippen LogP contribution in [0.3, 0.4) is 0 Å². The van der Waals surface area contributed by atoms with Crippen LogP contribution in [0, 0.1) is 24.7 Å². The van der Waals surface area contributed by atoms with Crippen molar-refractivity contribution >= 4 is 34.0 Å². The number of esters is 1. The summed E-state index contributed by atoms with van der Waals surface area (Å²) in [6.07, 6.45) is 4.44. The van der Waals surface area contributed by atoms with Gasteiger partial charge in [-0.1, -0.05) is 6.42 Å². The molecule has 5 nitrogen and oxygen atoms in total. The lowest BCUT2D eigenvalue weighted by Gasteiger charge is -2.20. The number of thiophene rings is 1. The van der Waals surface area contributed by atoms with Crippen molar-refractivity contribution in [1.82, 2.24) is 0 Å². The maximum Gasteiger partial charge on any atom is 0.341 e. The molecule has 3 rings (SSSR count). The minimum absolute atomic E-state index is 0.0240. The van der Waals surface area contributed by atoms with Crippen LogP contribution in [0.15, 0.2) is 0 Å². The highest BCUT2D eigenvalue weighted by Crippen LogP contribution is 2.49. The van der Waals surface area contributed by atoms with Crippen molar-refractivity contribution in [1.29, 1.82) is 0 Å². The molecule has 0 spiro atoms. The van der Waals surface area contributed by atoms with Crippen LogP contribution in [0.25, 0.3) is 0 Å². The zero-order valence-corrected chi connectivity index (χ0v) is 15.1. The predicted molar refractivity (Wildman–Crippen MR) is 92.6 cm³/mol. The summed E-state index contributed by atoms with van der Waals surface area (Å²) in [6, 6.07) is 0. The lowest BCUT2D eigenvalue weighted by atomic mass is 9.88. The lowest BCUT2D eigenvalue weighted by Crippen LogP contribution is -2.27. The number of nitrogens with one attached hydrogen (secondary N) is 1. The average molecular weight is 349 g/mol. The third-order valence-electron chi connectivity index (χ3n) is 5.26. The van der Waals surface area contributed by atoms with E-state index >= 15 is 0 Å². The second kappa shape index (κ2) is 6.67. The number of hydrogen-bond donors (Lipinski definition) is 1. The highest BCUT2D eigenvalue weighted by molar-refractivity contribution is 7.18. The molecule has 6 heteroatoms. The number of carbonyl (C=O) groups excluding carboxylic acids is 3. The fourth-order valence-corrected chi connectivity index (χ4v) is 5.25. The lowest BCUT2D eigenvalue weighted by molar-refractivity contribution is -0.121. The van der Waals surface area contributed by atoms with E-state index in [9.17, 15) is 14.4 Å². The van der Waals surface area contributed by atoms with Gasteiger partial charge in [0.1, 0.15) is 5.00 Å². The number of fused-ring (bicyclic) bond motifs is 2. The first-order valence-electron chi connectivity index (χ1n) is 8.54. The summed E-state index contributed by atoms with van der Waals surface area (Å²) in [5.41, 5.74) is 0.915. The highest BCUT2D eigenvalue weighted by Gasteiger charge is 2.43. The number of hydrogen-bond acceptors (Lipinski definition) is 5. The molecule has 0 aliphatic heterocycles. The van der Waals surface area contributed by atoms with Gasteiger partial charge in [0, 0.05) is 5.92 Å². The second-order valence-corrected chi connectivity index (χ2v) is 7.83. The highest BCUT2D eigenvalue weighted by atomic mass is 32.1. The molecule has 2 aliphatic rings. The molecule has 1 heterocycles. The number of amides is 1. The number of rotatable bonds is 5. The summed E-state index contributed by atoms with van der Waals surface area (Å²) in [5, 5.41) is 3.37. The topological polar surface area (TPSA) is 72.5 Å². The molecule has 0 saturated heterocycles. The van der Waals surface area contributed by atoms with E-state index in [-0.39, 0.29) is 24.2 Å². The monoisotopic (exact) mass is 349 g/mol. The van der Waals surface area contributed by atoms with Crippen LogP contribution in [-0.4, -0.2) is 24.3 Å². The van der Waals surface area contributed by atoms with Gasteiger partial charge in [-0.2, -0.15) is 0 Å². The van der Waals surface area contributed by atoms with E-state index in [2.05, 4.69) is 5.32 Å². The largest absolute Gasteiger partial charge is 0.462 e. The summed E-state index contributed by atoms with van der Waals surface area (Å²) < 4.78 is 5.10. The van der Waals surface area contributed by atoms with Gasteiger partial charge in [-0.05, 0) is 57.4 Å². The van der Waals surface area contributed by atoms with E-state index in [0.717, 1.165) is 19.3 Å². The number of carbonyl (C=O) groups is 3. The Hall–Kier alpha value is -1.69. The molecular formula is C18H23NO4S. The standard InChI is InChI=1S/C18H23NO4S/c1-4-23-18(22)14-9(2)15(10(3)20)24-17(14)19-16(21)13-8-11-5-6-12(13)7-11/h11-13H,4-8H2,1-3H3,(H,19,21)/t11-,12+,13-/m0/s1. The Balaban J connectivity index is 1.86. The second-order valence-electron chi connectivity index (χ2n) is 6.81. The van der Waals surface area contributed by atoms with Crippen molar-refractivity contribution in [2.75, 3.05) is 11.9 Å². The Kier molecular flexibility index (Phi) is 4.76. The van der Waals surface area contributed by atoms with E-state index in [0.29, 0.717) is 32.8 Å². The molecule has 3 atom stereocenters. The van der Waals surface area contributed by atoms with Gasteiger partial charge in [-0.25, -0.2) is 4.79 Å². The van der Waals surface area contributed by atoms with Crippen molar-refractivity contribution in [3.63, 3.8) is 0 Å². The molecular weight excluding hydrogens is 326 g/mol. The van der Waals surface area contributed by atoms with Crippen LogP contribution < -0.4 is 5.32 Å². The third kappa shape index (κ3) is 2.99. The van der Waals surface area contributed by atoms with Crippen LogP contribution in [0.2, 0.25) is 0 Å². The molecule has 130 valence electrons. The van der Waals surface area contributed by atoms with Gasteiger partial charge in [0.25, 0.3) is 0 Å². The summed E-state index contributed by atoms with van der Waals surface area (Å²) in [5.74, 6) is 0.555. The molecule has 2 saturated carbocycles. The molecule has 0 radical (unpaired) electrons. The fraction of sp³-hybridized carbons (Fsp3) is 0.611. The zero-order valence-electron chi connectivity index (χ0n) is 14.3. The molecule has 1 N–H and O–H groups in total.